The van der Waals surface area contributed by atoms with Gasteiger partial charge in [0.25, 0.3) is 5.69 Å². The summed E-state index contributed by atoms with van der Waals surface area (Å²) in [6.07, 6.45) is 4.46. The van der Waals surface area contributed by atoms with Gasteiger partial charge >= 0.3 is 5.97 Å². The molecule has 6 nitrogen and oxygen atoms in total. The minimum atomic E-state index is -0.866. The van der Waals surface area contributed by atoms with Crippen molar-refractivity contribution in [3.05, 3.63) is 39.7 Å². The highest BCUT2D eigenvalue weighted by atomic mass is 32.2. The highest BCUT2D eigenvalue weighted by molar-refractivity contribution is 8.14. The zero-order valence-corrected chi connectivity index (χ0v) is 17.9. The van der Waals surface area contributed by atoms with Gasteiger partial charge in [0.2, 0.25) is 0 Å². The van der Waals surface area contributed by atoms with Crippen LogP contribution < -0.4 is 0 Å². The third-order valence-electron chi connectivity index (χ3n) is 5.40. The molecule has 0 radical (unpaired) electrons. The highest BCUT2D eigenvalue weighted by Crippen LogP contribution is 2.50. The number of esters is 1. The molecule has 0 unspecified atom stereocenters. The normalized spacial score (nSPS) is 24.8. The highest BCUT2D eigenvalue weighted by Gasteiger charge is 2.46. The molecule has 158 valence electrons. The fraction of sp³-hybridized carbons (Fsp3) is 0.619. The molecule has 3 rings (SSSR count). The third-order valence-corrected chi connectivity index (χ3v) is 6.54. The van der Waals surface area contributed by atoms with Crippen LogP contribution in [-0.4, -0.2) is 27.3 Å². The summed E-state index contributed by atoms with van der Waals surface area (Å²) in [4.78, 5) is 28.0. The molecular weight excluding hydrogens is 395 g/mol. The number of nitrogens with zero attached hydrogens (tertiary/aromatic N) is 2. The number of hydrogen-bond donors (Lipinski definition) is 0. The number of aliphatic imine (C=N–C) groups is 1. The van der Waals surface area contributed by atoms with Crippen LogP contribution in [0.25, 0.3) is 0 Å². The van der Waals surface area contributed by atoms with Crippen LogP contribution in [0.5, 0.6) is 0 Å². The fourth-order valence-corrected chi connectivity index (χ4v) is 5.47. The van der Waals surface area contributed by atoms with Crippen LogP contribution in [0.3, 0.4) is 0 Å². The average molecular weight is 423 g/mol. The molecule has 1 aromatic rings. The number of non-ortho nitro benzene ring substituents is 1. The van der Waals surface area contributed by atoms with Gasteiger partial charge in [-0.25, -0.2) is 4.39 Å². The van der Waals surface area contributed by atoms with Crippen LogP contribution in [0, 0.1) is 21.8 Å². The van der Waals surface area contributed by atoms with E-state index in [-0.39, 0.29) is 29.6 Å². The monoisotopic (exact) mass is 422 g/mol. The molecule has 0 spiro atoms. The van der Waals surface area contributed by atoms with Gasteiger partial charge in [0.05, 0.1) is 21.9 Å². The number of hydrogen-bond acceptors (Lipinski definition) is 6. The maximum atomic E-state index is 14.9. The van der Waals surface area contributed by atoms with Gasteiger partial charge < -0.3 is 4.74 Å². The summed E-state index contributed by atoms with van der Waals surface area (Å²) in [7, 11) is 0. The van der Waals surface area contributed by atoms with Crippen molar-refractivity contribution in [2.24, 2.45) is 10.9 Å². The molecule has 0 saturated heterocycles. The van der Waals surface area contributed by atoms with Gasteiger partial charge in [0.1, 0.15) is 11.4 Å². The smallest absolute Gasteiger partial charge is 0.312 e. The number of fused-ring (bicyclic) bond motifs is 1. The average Bonchev–Trinajstić information content (AvgIpc) is 2.82. The van der Waals surface area contributed by atoms with Gasteiger partial charge in [-0.1, -0.05) is 19.3 Å². The van der Waals surface area contributed by atoms with Crippen LogP contribution >= 0.6 is 11.8 Å². The molecule has 1 heterocycles. The summed E-state index contributed by atoms with van der Waals surface area (Å²) in [6.45, 7) is 5.42. The summed E-state index contributed by atoms with van der Waals surface area (Å²) < 4.78 is 20.4. The van der Waals surface area contributed by atoms with Gasteiger partial charge in [-0.15, -0.1) is 11.8 Å². The van der Waals surface area contributed by atoms with Crippen LogP contribution in [-0.2, 0) is 15.1 Å². The summed E-state index contributed by atoms with van der Waals surface area (Å²) in [5, 5.41) is 11.9. The van der Waals surface area contributed by atoms with Gasteiger partial charge in [-0.3, -0.25) is 19.9 Å². The number of ether oxygens (including phenoxy) is 1. The number of carbonyl (C=O) groups excluding carboxylic acids is 1. The summed E-state index contributed by atoms with van der Waals surface area (Å²) in [5.74, 6) is -0.0572. The van der Waals surface area contributed by atoms with Crippen LogP contribution in [0.4, 0.5) is 10.1 Å². The van der Waals surface area contributed by atoms with Crippen molar-refractivity contribution >= 4 is 28.5 Å². The SMILES string of the molecule is CC(C)(C)OC(=O)CC1=N[C@@]2(c3cc([N+](=O)[O-])ccc3F)CCCCC[C@H]2CS1. The Morgan fingerprint density at radius 2 is 2.14 bits per heavy atom. The fourth-order valence-electron chi connectivity index (χ4n) is 4.19. The molecule has 2 aliphatic rings. The Kier molecular flexibility index (Phi) is 6.31. The predicted molar refractivity (Wildman–Crippen MR) is 112 cm³/mol. The van der Waals surface area contributed by atoms with Crippen LogP contribution in [0.1, 0.15) is 64.9 Å². The molecule has 0 amide bonds. The standard InChI is InChI=1S/C21H27FN2O4S/c1-20(2,3)28-19(25)12-18-23-21(10-6-4-5-7-14(21)13-29-18)16-11-15(24(26)27)8-9-17(16)22/h8-9,11,14H,4-7,10,12-13H2,1-3H3/t14-,21-/m0/s1. The van der Waals surface area contributed by atoms with Crippen molar-refractivity contribution in [1.29, 1.82) is 0 Å². The number of carbonyl (C=O) groups is 1. The van der Waals surface area contributed by atoms with E-state index in [1.165, 1.54) is 23.9 Å². The van der Waals surface area contributed by atoms with E-state index in [9.17, 15) is 19.3 Å². The Labute approximate surface area is 174 Å². The lowest BCUT2D eigenvalue weighted by Gasteiger charge is -2.40. The van der Waals surface area contributed by atoms with E-state index in [4.69, 9.17) is 9.73 Å². The lowest BCUT2D eigenvalue weighted by molar-refractivity contribution is -0.385. The molecule has 1 saturated carbocycles. The van der Waals surface area contributed by atoms with E-state index in [1.807, 2.05) is 20.8 Å². The minimum absolute atomic E-state index is 0.0347. The van der Waals surface area contributed by atoms with Gasteiger partial charge in [-0.2, -0.15) is 0 Å². The van der Waals surface area contributed by atoms with Crippen molar-refractivity contribution in [3.8, 4) is 0 Å². The Morgan fingerprint density at radius 1 is 1.38 bits per heavy atom. The number of rotatable bonds is 4. The number of thioether (sulfide) groups is 1. The number of benzene rings is 1. The Morgan fingerprint density at radius 3 is 2.83 bits per heavy atom. The Hall–Kier alpha value is -1.96. The molecule has 1 aliphatic heterocycles. The van der Waals surface area contributed by atoms with Crippen molar-refractivity contribution in [1.82, 2.24) is 0 Å². The van der Waals surface area contributed by atoms with Crippen molar-refractivity contribution in [2.45, 2.75) is 70.4 Å². The first kappa shape index (κ1) is 21.7. The molecule has 0 N–H and O–H groups in total. The lowest BCUT2D eigenvalue weighted by atomic mass is 9.75. The third kappa shape index (κ3) is 4.97. The van der Waals surface area contributed by atoms with Gasteiger partial charge in [0, 0.05) is 23.4 Å². The summed E-state index contributed by atoms with van der Waals surface area (Å²) in [6, 6.07) is 3.68. The Balaban J connectivity index is 2.03. The van der Waals surface area contributed by atoms with Crippen LogP contribution in [0.15, 0.2) is 23.2 Å². The van der Waals surface area contributed by atoms with E-state index in [0.717, 1.165) is 31.7 Å². The van der Waals surface area contributed by atoms with Crippen molar-refractivity contribution in [3.63, 3.8) is 0 Å². The molecule has 2 atom stereocenters. The lowest BCUT2D eigenvalue weighted by Crippen LogP contribution is -2.39. The maximum absolute atomic E-state index is 14.9. The number of nitro benzene ring substituents is 1. The molecule has 1 aliphatic carbocycles. The Bertz CT molecular complexity index is 836. The molecule has 29 heavy (non-hydrogen) atoms. The van der Waals surface area contributed by atoms with E-state index >= 15 is 0 Å². The van der Waals surface area contributed by atoms with Gasteiger partial charge in [-0.05, 0) is 45.6 Å². The maximum Gasteiger partial charge on any atom is 0.312 e. The second kappa shape index (κ2) is 8.42. The molecule has 8 heteroatoms. The first-order valence-corrected chi connectivity index (χ1v) is 11.0. The first-order chi connectivity index (χ1) is 13.6. The zero-order valence-electron chi connectivity index (χ0n) is 17.1. The van der Waals surface area contributed by atoms with Crippen molar-refractivity contribution < 1.29 is 18.8 Å². The van der Waals surface area contributed by atoms with E-state index in [0.29, 0.717) is 17.2 Å². The zero-order chi connectivity index (χ0) is 21.2. The summed E-state index contributed by atoms with van der Waals surface area (Å²) in [5.41, 5.74) is -1.32. The van der Waals surface area contributed by atoms with E-state index < -0.39 is 21.9 Å². The van der Waals surface area contributed by atoms with Gasteiger partial charge in [0.15, 0.2) is 0 Å². The first-order valence-electron chi connectivity index (χ1n) is 9.98. The molecule has 0 aromatic heterocycles. The van der Waals surface area contributed by atoms with Crippen LogP contribution in [0.2, 0.25) is 0 Å². The van der Waals surface area contributed by atoms with Crippen molar-refractivity contribution in [2.75, 3.05) is 5.75 Å². The largest absolute Gasteiger partial charge is 0.460 e. The minimum Gasteiger partial charge on any atom is -0.460 e. The van der Waals surface area contributed by atoms with E-state index in [1.54, 1.807) is 0 Å². The quantitative estimate of drug-likeness (QED) is 0.369. The number of nitro groups is 1. The molecule has 1 aromatic carbocycles. The second-order valence-electron chi connectivity index (χ2n) is 8.72. The molecule has 0 bridgehead atoms. The molecular formula is C21H27FN2O4S. The number of halogens is 1. The predicted octanol–water partition coefficient (Wildman–Crippen LogP) is 5.39. The van der Waals surface area contributed by atoms with E-state index in [2.05, 4.69) is 0 Å². The summed E-state index contributed by atoms with van der Waals surface area (Å²) >= 11 is 1.51. The molecule has 1 fully saturated rings. The topological polar surface area (TPSA) is 81.8 Å². The second-order valence-corrected chi connectivity index (χ2v) is 9.81.